The molecular weight excluding hydrogens is 324 g/mol. The predicted octanol–water partition coefficient (Wildman–Crippen LogP) is -1.06. The van der Waals surface area contributed by atoms with Crippen LogP contribution in [0.5, 0.6) is 0 Å². The van der Waals surface area contributed by atoms with Crippen molar-refractivity contribution in [3.05, 3.63) is 33.1 Å². The van der Waals surface area contributed by atoms with Crippen molar-refractivity contribution >= 4 is 11.9 Å². The highest BCUT2D eigenvalue weighted by Crippen LogP contribution is 2.32. The molecule has 0 spiro atoms. The van der Waals surface area contributed by atoms with Crippen molar-refractivity contribution in [1.82, 2.24) is 9.55 Å². The highest BCUT2D eigenvalue weighted by molar-refractivity contribution is 5.66. The minimum atomic E-state index is -0.968. The van der Waals surface area contributed by atoms with Crippen LogP contribution in [0.25, 0.3) is 0 Å². The molecule has 10 nitrogen and oxygen atoms in total. The van der Waals surface area contributed by atoms with Crippen molar-refractivity contribution in [2.45, 2.75) is 38.4 Å². The number of H-pyrrole nitrogens is 1. The van der Waals surface area contributed by atoms with Gasteiger partial charge in [0.2, 0.25) is 0 Å². The van der Waals surface area contributed by atoms with Gasteiger partial charge in [-0.25, -0.2) is 4.79 Å². The lowest BCUT2D eigenvalue weighted by atomic mass is 10.1. The Morgan fingerprint density at radius 1 is 1.25 bits per heavy atom. The van der Waals surface area contributed by atoms with Gasteiger partial charge in [0, 0.05) is 33.2 Å². The molecule has 1 aliphatic rings. The van der Waals surface area contributed by atoms with Crippen LogP contribution in [0.3, 0.4) is 0 Å². The fourth-order valence-corrected chi connectivity index (χ4v) is 2.48. The first-order valence-electron chi connectivity index (χ1n) is 7.13. The second-order valence-corrected chi connectivity index (χ2v) is 5.16. The van der Waals surface area contributed by atoms with Crippen LogP contribution in [0.2, 0.25) is 0 Å². The summed E-state index contributed by atoms with van der Waals surface area (Å²) in [6.45, 7) is 2.27. The maximum atomic E-state index is 12.0. The maximum absolute atomic E-state index is 12.0. The summed E-state index contributed by atoms with van der Waals surface area (Å²) in [6, 6.07) is 1.15. The molecule has 1 fully saturated rings. The number of nitrogens with one attached hydrogen (secondary N) is 1. The van der Waals surface area contributed by atoms with Gasteiger partial charge in [-0.2, -0.15) is 0 Å². The highest BCUT2D eigenvalue weighted by atomic mass is 16.6. The van der Waals surface area contributed by atoms with Crippen LogP contribution in [0, 0.1) is 0 Å². The van der Waals surface area contributed by atoms with Gasteiger partial charge in [0.1, 0.15) is 18.8 Å². The van der Waals surface area contributed by atoms with E-state index in [4.69, 9.17) is 18.9 Å². The smallest absolute Gasteiger partial charge is 0.330 e. The number of aromatic amines is 1. The van der Waals surface area contributed by atoms with Gasteiger partial charge in [0.05, 0.1) is 0 Å². The van der Waals surface area contributed by atoms with Crippen LogP contribution in [0.15, 0.2) is 21.9 Å². The number of esters is 2. The van der Waals surface area contributed by atoms with Gasteiger partial charge in [-0.15, -0.1) is 0 Å². The molecule has 0 bridgehead atoms. The van der Waals surface area contributed by atoms with Gasteiger partial charge in [0.25, 0.3) is 5.56 Å². The van der Waals surface area contributed by atoms with E-state index in [0.29, 0.717) is 0 Å². The summed E-state index contributed by atoms with van der Waals surface area (Å²) in [5.74, 6) is -1.10. The number of aromatic nitrogens is 2. The quantitative estimate of drug-likeness (QED) is 0.671. The van der Waals surface area contributed by atoms with Crippen LogP contribution in [0.1, 0.15) is 20.1 Å². The van der Waals surface area contributed by atoms with Crippen molar-refractivity contribution in [2.24, 2.45) is 0 Å². The molecule has 0 aromatic carbocycles. The van der Waals surface area contributed by atoms with Gasteiger partial charge in [-0.3, -0.25) is 23.9 Å². The molecule has 10 heteroatoms. The molecule has 1 aromatic heterocycles. The Labute approximate surface area is 136 Å². The fourth-order valence-electron chi connectivity index (χ4n) is 2.48. The van der Waals surface area contributed by atoms with E-state index in [2.05, 4.69) is 4.98 Å². The Hall–Kier alpha value is -2.46. The molecule has 0 aliphatic carbocycles. The zero-order valence-electron chi connectivity index (χ0n) is 13.4. The lowest BCUT2D eigenvalue weighted by molar-refractivity contribution is -0.157. The summed E-state index contributed by atoms with van der Waals surface area (Å²) in [4.78, 5) is 47.6. The third-order valence-electron chi connectivity index (χ3n) is 3.44. The zero-order valence-corrected chi connectivity index (χ0v) is 13.4. The molecule has 1 N–H and O–H groups in total. The van der Waals surface area contributed by atoms with E-state index >= 15 is 0 Å². The third-order valence-corrected chi connectivity index (χ3v) is 3.44. The molecule has 24 heavy (non-hydrogen) atoms. The third kappa shape index (κ3) is 3.89. The van der Waals surface area contributed by atoms with E-state index in [1.807, 2.05) is 0 Å². The minimum absolute atomic E-state index is 0.179. The normalized spacial score (nSPS) is 26.1. The molecule has 1 aromatic rings. The molecule has 2 heterocycles. The van der Waals surface area contributed by atoms with E-state index < -0.39 is 47.7 Å². The van der Waals surface area contributed by atoms with Gasteiger partial charge in [-0.1, -0.05) is 0 Å². The maximum Gasteiger partial charge on any atom is 0.330 e. The van der Waals surface area contributed by atoms with Crippen molar-refractivity contribution < 1.29 is 28.5 Å². The molecule has 4 atom stereocenters. The van der Waals surface area contributed by atoms with Crippen LogP contribution < -0.4 is 11.2 Å². The molecule has 0 radical (unpaired) electrons. The summed E-state index contributed by atoms with van der Waals surface area (Å²) < 4.78 is 22.2. The molecular formula is C14H18N2O8. The van der Waals surface area contributed by atoms with E-state index in [1.165, 1.54) is 27.2 Å². The first-order chi connectivity index (χ1) is 11.3. The summed E-state index contributed by atoms with van der Waals surface area (Å²) in [5.41, 5.74) is -1.26. The number of nitrogens with zero attached hydrogens (tertiary/aromatic N) is 1. The Bertz CT molecular complexity index is 724. The van der Waals surface area contributed by atoms with Crippen LogP contribution in [0.4, 0.5) is 0 Å². The number of hydrogen-bond acceptors (Lipinski definition) is 8. The van der Waals surface area contributed by atoms with E-state index in [9.17, 15) is 19.2 Å². The van der Waals surface area contributed by atoms with E-state index in [0.717, 1.165) is 10.6 Å². The van der Waals surface area contributed by atoms with Crippen molar-refractivity contribution in [1.29, 1.82) is 0 Å². The molecule has 132 valence electrons. The van der Waals surface area contributed by atoms with Gasteiger partial charge < -0.3 is 18.9 Å². The van der Waals surface area contributed by atoms with E-state index in [-0.39, 0.29) is 6.61 Å². The lowest BCUT2D eigenvalue weighted by Crippen LogP contribution is -2.41. The van der Waals surface area contributed by atoms with Crippen molar-refractivity contribution in [3.8, 4) is 0 Å². The topological polar surface area (TPSA) is 126 Å². The second-order valence-electron chi connectivity index (χ2n) is 5.16. The molecule has 2 unspecified atom stereocenters. The van der Waals surface area contributed by atoms with E-state index in [1.54, 1.807) is 0 Å². The average molecular weight is 342 g/mol. The predicted molar refractivity (Wildman–Crippen MR) is 78.2 cm³/mol. The van der Waals surface area contributed by atoms with Crippen molar-refractivity contribution in [2.75, 3.05) is 13.7 Å². The van der Waals surface area contributed by atoms with Gasteiger partial charge in [0.15, 0.2) is 12.3 Å². The van der Waals surface area contributed by atoms with Gasteiger partial charge in [-0.05, 0) is 0 Å². The van der Waals surface area contributed by atoms with Crippen LogP contribution >= 0.6 is 0 Å². The average Bonchev–Trinajstić information content (AvgIpc) is 2.82. The molecule has 1 saturated heterocycles. The number of hydrogen-bond donors (Lipinski definition) is 1. The summed E-state index contributed by atoms with van der Waals surface area (Å²) in [7, 11) is 1.36. The number of carbonyl (C=O) groups excluding carboxylic acids is 2. The zero-order chi connectivity index (χ0) is 17.9. The first kappa shape index (κ1) is 17.9. The standard InChI is InChI=1S/C14H18N2O8/c1-7(17)22-6-9-11(23-8(2)18)12(21-3)13(24-9)16-5-4-10(19)15-14(16)20/h4-5,9,11-13H,6H2,1-3H3,(H,15,19,20)/t9-,11?,12?,13-/m1/s1. The number of rotatable bonds is 5. The number of ether oxygens (including phenoxy) is 4. The Balaban J connectivity index is 2.34. The van der Waals surface area contributed by atoms with Crippen LogP contribution in [-0.2, 0) is 28.5 Å². The second kappa shape index (κ2) is 7.41. The molecule has 0 saturated carbocycles. The lowest BCUT2D eigenvalue weighted by Gasteiger charge is -2.22. The summed E-state index contributed by atoms with van der Waals surface area (Å²) >= 11 is 0. The Kier molecular flexibility index (Phi) is 5.52. The summed E-state index contributed by atoms with van der Waals surface area (Å²) in [6.07, 6.45) is -2.28. The summed E-state index contributed by atoms with van der Waals surface area (Å²) in [5, 5.41) is 0. The first-order valence-corrected chi connectivity index (χ1v) is 7.13. The number of methoxy groups -OCH3 is 1. The Morgan fingerprint density at radius 2 is 1.96 bits per heavy atom. The SMILES string of the molecule is COC1C(OC(C)=O)[C@@H](COC(C)=O)O[C@H]1n1ccc(=O)[nH]c1=O. The molecule has 0 amide bonds. The Morgan fingerprint density at radius 3 is 2.50 bits per heavy atom. The monoisotopic (exact) mass is 342 g/mol. The van der Waals surface area contributed by atoms with Crippen LogP contribution in [-0.4, -0.2) is 53.5 Å². The minimum Gasteiger partial charge on any atom is -0.463 e. The van der Waals surface area contributed by atoms with Gasteiger partial charge >= 0.3 is 17.6 Å². The fraction of sp³-hybridized carbons (Fsp3) is 0.571. The van der Waals surface area contributed by atoms with Crippen molar-refractivity contribution in [3.63, 3.8) is 0 Å². The number of carbonyl (C=O) groups is 2. The molecule has 1 aliphatic heterocycles. The largest absolute Gasteiger partial charge is 0.463 e. The molecule has 2 rings (SSSR count). The highest BCUT2D eigenvalue weighted by Gasteiger charge is 2.49.